The summed E-state index contributed by atoms with van der Waals surface area (Å²) in [6, 6.07) is 11.7. The van der Waals surface area contributed by atoms with Crippen LogP contribution in [0.25, 0.3) is 0 Å². The van der Waals surface area contributed by atoms with Crippen molar-refractivity contribution in [2.45, 2.75) is 32.2 Å². The first kappa shape index (κ1) is 15.6. The summed E-state index contributed by atoms with van der Waals surface area (Å²) in [5.74, 6) is 0.679. The minimum atomic E-state index is -0.309. The van der Waals surface area contributed by atoms with Crippen LogP contribution >= 0.6 is 0 Å². The van der Waals surface area contributed by atoms with E-state index < -0.39 is 0 Å². The van der Waals surface area contributed by atoms with E-state index in [1.54, 1.807) is 7.11 Å². The van der Waals surface area contributed by atoms with Crippen molar-refractivity contribution < 1.29 is 9.53 Å². The smallest absolute Gasteiger partial charge is 0.231 e. The lowest BCUT2D eigenvalue weighted by Gasteiger charge is -2.19. The van der Waals surface area contributed by atoms with Crippen molar-refractivity contribution in [2.24, 2.45) is 5.73 Å². The molecule has 0 aromatic heterocycles. The molecule has 0 spiro atoms. The number of benzene rings is 2. The summed E-state index contributed by atoms with van der Waals surface area (Å²) in [5, 5.41) is 3.00. The third-order valence-corrected chi connectivity index (χ3v) is 4.56. The largest absolute Gasteiger partial charge is 0.497 e. The highest BCUT2D eigenvalue weighted by molar-refractivity contribution is 6.03. The van der Waals surface area contributed by atoms with Crippen molar-refractivity contribution in [3.8, 4) is 5.75 Å². The molecule has 4 nitrogen and oxygen atoms in total. The number of fused-ring (bicyclic) bond motifs is 1. The second-order valence-corrected chi connectivity index (χ2v) is 5.97. The third kappa shape index (κ3) is 2.70. The summed E-state index contributed by atoms with van der Waals surface area (Å²) in [6.45, 7) is 4.04. The van der Waals surface area contributed by atoms with Gasteiger partial charge in [-0.25, -0.2) is 0 Å². The molecule has 2 aromatic rings. The molecular weight excluding hydrogens is 288 g/mol. The number of ether oxygens (including phenoxy) is 1. The van der Waals surface area contributed by atoms with Crippen LogP contribution in [0.3, 0.4) is 0 Å². The van der Waals surface area contributed by atoms with Gasteiger partial charge in [0.25, 0.3) is 0 Å². The average molecular weight is 310 g/mol. The Labute approximate surface area is 136 Å². The van der Waals surface area contributed by atoms with Crippen molar-refractivity contribution in [1.82, 2.24) is 0 Å². The van der Waals surface area contributed by atoms with E-state index in [4.69, 9.17) is 10.5 Å². The van der Waals surface area contributed by atoms with E-state index in [9.17, 15) is 4.79 Å². The second kappa shape index (κ2) is 6.05. The Hall–Kier alpha value is -2.33. The van der Waals surface area contributed by atoms with Gasteiger partial charge < -0.3 is 15.8 Å². The first-order chi connectivity index (χ1) is 11.0. The summed E-state index contributed by atoms with van der Waals surface area (Å²) in [6.07, 6.45) is 0.909. The topological polar surface area (TPSA) is 64.3 Å². The van der Waals surface area contributed by atoms with Crippen LogP contribution in [0, 0.1) is 0 Å². The normalized spacial score (nSPS) is 17.6. The number of nitrogens with one attached hydrogen (secondary N) is 1. The van der Waals surface area contributed by atoms with Gasteiger partial charge in [0, 0.05) is 5.69 Å². The van der Waals surface area contributed by atoms with E-state index >= 15 is 0 Å². The number of hydrogen-bond donors (Lipinski definition) is 2. The molecule has 4 heteroatoms. The van der Waals surface area contributed by atoms with Crippen LogP contribution in [0.4, 0.5) is 5.69 Å². The monoisotopic (exact) mass is 310 g/mol. The molecule has 1 aliphatic rings. The van der Waals surface area contributed by atoms with Crippen molar-refractivity contribution >= 4 is 11.6 Å². The summed E-state index contributed by atoms with van der Waals surface area (Å²) >= 11 is 0. The first-order valence-corrected chi connectivity index (χ1v) is 7.92. The quantitative estimate of drug-likeness (QED) is 0.910. The highest BCUT2D eigenvalue weighted by Crippen LogP contribution is 2.40. The number of rotatable bonds is 4. The molecule has 2 unspecified atom stereocenters. The Balaban J connectivity index is 2.10. The average Bonchev–Trinajstić information content (AvgIpc) is 2.88. The van der Waals surface area contributed by atoms with Gasteiger partial charge in [0.1, 0.15) is 5.75 Å². The summed E-state index contributed by atoms with van der Waals surface area (Å²) < 4.78 is 5.29. The van der Waals surface area contributed by atoms with Gasteiger partial charge in [-0.1, -0.05) is 31.2 Å². The summed E-state index contributed by atoms with van der Waals surface area (Å²) in [4.78, 5) is 12.1. The van der Waals surface area contributed by atoms with Crippen LogP contribution in [0.5, 0.6) is 5.75 Å². The lowest BCUT2D eigenvalue weighted by atomic mass is 9.91. The first-order valence-electron chi connectivity index (χ1n) is 7.92. The van der Waals surface area contributed by atoms with Crippen LogP contribution < -0.4 is 15.8 Å². The standard InChI is InChI=1S/C19H22N2O2/c1-4-12-8-15-11(2)19(22)21-18(15)16(9-12)17(20)13-6-5-7-14(10-13)23-3/h5-11,17H,4,20H2,1-3H3,(H,21,22). The van der Waals surface area contributed by atoms with Crippen LogP contribution in [-0.4, -0.2) is 13.0 Å². The number of aryl methyl sites for hydroxylation is 1. The summed E-state index contributed by atoms with van der Waals surface area (Å²) in [7, 11) is 1.64. The molecule has 0 radical (unpaired) electrons. The highest BCUT2D eigenvalue weighted by atomic mass is 16.5. The van der Waals surface area contributed by atoms with Crippen molar-refractivity contribution in [2.75, 3.05) is 12.4 Å². The Morgan fingerprint density at radius 1 is 1.30 bits per heavy atom. The van der Waals surface area contributed by atoms with Gasteiger partial charge in [-0.05, 0) is 47.7 Å². The molecule has 120 valence electrons. The molecule has 3 rings (SSSR count). The van der Waals surface area contributed by atoms with Gasteiger partial charge in [0.15, 0.2) is 0 Å². The van der Waals surface area contributed by atoms with Crippen LogP contribution in [-0.2, 0) is 11.2 Å². The van der Waals surface area contributed by atoms with E-state index in [0.29, 0.717) is 0 Å². The summed E-state index contributed by atoms with van der Waals surface area (Å²) in [5.41, 5.74) is 11.6. The number of nitrogens with two attached hydrogens (primary N) is 1. The van der Waals surface area contributed by atoms with Gasteiger partial charge >= 0.3 is 0 Å². The minimum Gasteiger partial charge on any atom is -0.497 e. The van der Waals surface area contributed by atoms with Crippen molar-refractivity contribution in [3.63, 3.8) is 0 Å². The zero-order valence-corrected chi connectivity index (χ0v) is 13.7. The molecule has 3 N–H and O–H groups in total. The fourth-order valence-electron chi connectivity index (χ4n) is 3.07. The molecule has 0 bridgehead atoms. The van der Waals surface area contributed by atoms with Gasteiger partial charge in [0.05, 0.1) is 19.1 Å². The number of methoxy groups -OCH3 is 1. The molecule has 0 aliphatic carbocycles. The Morgan fingerprint density at radius 3 is 2.78 bits per heavy atom. The lowest BCUT2D eigenvalue weighted by Crippen LogP contribution is -2.15. The number of carbonyl (C=O) groups is 1. The molecule has 1 aliphatic heterocycles. The van der Waals surface area contributed by atoms with Crippen molar-refractivity contribution in [1.29, 1.82) is 0 Å². The highest BCUT2D eigenvalue weighted by Gasteiger charge is 2.30. The second-order valence-electron chi connectivity index (χ2n) is 5.97. The zero-order valence-electron chi connectivity index (χ0n) is 13.7. The minimum absolute atomic E-state index is 0.0346. The maximum Gasteiger partial charge on any atom is 0.231 e. The molecular formula is C19H22N2O2. The fourth-order valence-corrected chi connectivity index (χ4v) is 3.07. The van der Waals surface area contributed by atoms with Gasteiger partial charge in [0.2, 0.25) is 5.91 Å². The maximum absolute atomic E-state index is 12.1. The molecule has 0 saturated carbocycles. The molecule has 1 heterocycles. The molecule has 0 fully saturated rings. The molecule has 2 aromatic carbocycles. The molecule has 2 atom stereocenters. The number of anilines is 1. The van der Waals surface area contributed by atoms with Crippen LogP contribution in [0.15, 0.2) is 36.4 Å². The maximum atomic E-state index is 12.1. The van der Waals surface area contributed by atoms with Crippen LogP contribution in [0.1, 0.15) is 48.1 Å². The van der Waals surface area contributed by atoms with E-state index in [0.717, 1.165) is 34.5 Å². The van der Waals surface area contributed by atoms with Gasteiger partial charge in [-0.15, -0.1) is 0 Å². The van der Waals surface area contributed by atoms with E-state index in [1.165, 1.54) is 5.56 Å². The van der Waals surface area contributed by atoms with Crippen molar-refractivity contribution in [3.05, 3.63) is 58.7 Å². The third-order valence-electron chi connectivity index (χ3n) is 4.56. The molecule has 1 amide bonds. The Bertz CT molecular complexity index is 755. The molecule has 0 saturated heterocycles. The number of carbonyl (C=O) groups excluding carboxylic acids is 1. The lowest BCUT2D eigenvalue weighted by molar-refractivity contribution is -0.116. The van der Waals surface area contributed by atoms with E-state index in [2.05, 4.69) is 24.4 Å². The van der Waals surface area contributed by atoms with Crippen LogP contribution in [0.2, 0.25) is 0 Å². The van der Waals surface area contributed by atoms with E-state index in [1.807, 2.05) is 31.2 Å². The van der Waals surface area contributed by atoms with E-state index in [-0.39, 0.29) is 17.9 Å². The van der Waals surface area contributed by atoms with Gasteiger partial charge in [-0.2, -0.15) is 0 Å². The predicted molar refractivity (Wildman–Crippen MR) is 91.9 cm³/mol. The Morgan fingerprint density at radius 2 is 2.09 bits per heavy atom. The number of amides is 1. The molecule has 23 heavy (non-hydrogen) atoms. The predicted octanol–water partition coefficient (Wildman–Crippen LogP) is 3.36. The zero-order chi connectivity index (χ0) is 16.6. The number of hydrogen-bond acceptors (Lipinski definition) is 3. The fraction of sp³-hybridized carbons (Fsp3) is 0.316. The Kier molecular flexibility index (Phi) is 4.09. The SMILES string of the molecule is CCc1cc2c(c(C(N)c3cccc(OC)c3)c1)NC(=O)C2C. The van der Waals surface area contributed by atoms with Gasteiger partial charge in [-0.3, -0.25) is 4.79 Å².